The van der Waals surface area contributed by atoms with Crippen LogP contribution in [-0.4, -0.2) is 28.6 Å². The maximum atomic E-state index is 14.2. The minimum Gasteiger partial charge on any atom is -0.494 e. The second-order valence-corrected chi connectivity index (χ2v) is 10.5. The number of rotatable bonds is 9. The summed E-state index contributed by atoms with van der Waals surface area (Å²) in [6.45, 7) is 1.15. The molecule has 1 aromatic heterocycles. The van der Waals surface area contributed by atoms with Gasteiger partial charge in [-0.15, -0.1) is 50.5 Å². The number of anilines is 4. The highest BCUT2D eigenvalue weighted by molar-refractivity contribution is 7.85. The molecule has 36 heavy (non-hydrogen) atoms. The van der Waals surface area contributed by atoms with Crippen molar-refractivity contribution in [2.75, 3.05) is 29.6 Å². The molecule has 1 fully saturated rings. The van der Waals surface area contributed by atoms with Crippen LogP contribution in [0.25, 0.3) is 0 Å². The van der Waals surface area contributed by atoms with Crippen molar-refractivity contribution in [1.82, 2.24) is 15.0 Å². The van der Waals surface area contributed by atoms with Crippen molar-refractivity contribution in [2.24, 2.45) is 5.92 Å². The van der Waals surface area contributed by atoms with E-state index in [-0.39, 0.29) is 11.7 Å². The number of thiol groups is 4. The van der Waals surface area contributed by atoms with Gasteiger partial charge in [0.2, 0.25) is 17.8 Å². The van der Waals surface area contributed by atoms with Crippen LogP contribution >= 0.6 is 50.5 Å². The molecule has 1 saturated carbocycles. The highest BCUT2D eigenvalue weighted by atomic mass is 32.1. The summed E-state index contributed by atoms with van der Waals surface area (Å²) in [5.74, 6) is 1.33. The zero-order valence-electron chi connectivity index (χ0n) is 19.8. The average molecular weight is 565 g/mol. The van der Waals surface area contributed by atoms with Crippen molar-refractivity contribution >= 4 is 74.0 Å². The van der Waals surface area contributed by atoms with Gasteiger partial charge in [-0.3, -0.25) is 0 Å². The molecule has 0 aliphatic heterocycles. The third-order valence-electron chi connectivity index (χ3n) is 6.08. The Balaban J connectivity index is 1.56. The second-order valence-electron chi connectivity index (χ2n) is 8.61. The molecular weight excluding hydrogens is 536 g/mol. The molecular formula is C24H29FN6OS4. The van der Waals surface area contributed by atoms with E-state index in [1.807, 2.05) is 6.07 Å². The molecule has 1 aliphatic rings. The number of nitrogens with one attached hydrogen (secondary N) is 3. The minimum atomic E-state index is -0.483. The van der Waals surface area contributed by atoms with E-state index < -0.39 is 5.82 Å². The van der Waals surface area contributed by atoms with Crippen LogP contribution in [0.1, 0.15) is 37.7 Å². The highest BCUT2D eigenvalue weighted by Crippen LogP contribution is 2.34. The summed E-state index contributed by atoms with van der Waals surface area (Å²) in [4.78, 5) is 16.3. The minimum absolute atomic E-state index is 0.161. The molecule has 4 rings (SSSR count). The lowest BCUT2D eigenvalue weighted by atomic mass is 9.89. The van der Waals surface area contributed by atoms with Gasteiger partial charge in [-0.05, 0) is 42.5 Å². The number of benzene rings is 2. The summed E-state index contributed by atoms with van der Waals surface area (Å²) in [7, 11) is 1.42. The SMILES string of the molecule is COc1ccc(Nc2nc(NCc3c(S)cc(S)c(S)c3S)nc(NCC3CCCCC3)n2)cc1F. The lowest BCUT2D eigenvalue weighted by Crippen LogP contribution is -2.19. The summed E-state index contributed by atoms with van der Waals surface area (Å²) >= 11 is 18.0. The maximum absolute atomic E-state index is 14.2. The second kappa shape index (κ2) is 12.5. The molecule has 0 atom stereocenters. The monoisotopic (exact) mass is 564 g/mol. The normalized spacial score (nSPS) is 13.9. The van der Waals surface area contributed by atoms with E-state index in [4.69, 9.17) is 4.74 Å². The molecule has 0 saturated heterocycles. The van der Waals surface area contributed by atoms with Gasteiger partial charge in [-0.1, -0.05) is 19.3 Å². The number of halogens is 1. The first-order chi connectivity index (χ1) is 17.3. The van der Waals surface area contributed by atoms with Crippen molar-refractivity contribution in [3.8, 4) is 5.75 Å². The van der Waals surface area contributed by atoms with Gasteiger partial charge in [0.15, 0.2) is 11.6 Å². The molecule has 7 nitrogen and oxygen atoms in total. The zero-order chi connectivity index (χ0) is 25.7. The first-order valence-corrected chi connectivity index (χ1v) is 13.4. The molecule has 0 amide bonds. The van der Waals surface area contributed by atoms with Gasteiger partial charge in [0.25, 0.3) is 0 Å². The molecule has 2 aromatic carbocycles. The van der Waals surface area contributed by atoms with Crippen LogP contribution < -0.4 is 20.7 Å². The largest absolute Gasteiger partial charge is 0.494 e. The van der Waals surface area contributed by atoms with E-state index >= 15 is 0 Å². The van der Waals surface area contributed by atoms with E-state index in [0.29, 0.717) is 44.7 Å². The van der Waals surface area contributed by atoms with Gasteiger partial charge < -0.3 is 20.7 Å². The Kier molecular flexibility index (Phi) is 9.37. The first kappa shape index (κ1) is 27.0. The van der Waals surface area contributed by atoms with E-state index in [0.717, 1.165) is 17.0 Å². The fourth-order valence-corrected chi connectivity index (χ4v) is 5.46. The van der Waals surface area contributed by atoms with Crippen molar-refractivity contribution < 1.29 is 9.13 Å². The third-order valence-corrected chi connectivity index (χ3v) is 8.14. The van der Waals surface area contributed by atoms with Crippen LogP contribution in [0, 0.1) is 11.7 Å². The lowest BCUT2D eigenvalue weighted by Gasteiger charge is -2.22. The Bertz CT molecular complexity index is 1230. The Morgan fingerprint density at radius 2 is 1.58 bits per heavy atom. The Labute approximate surface area is 232 Å². The van der Waals surface area contributed by atoms with Crippen molar-refractivity contribution in [1.29, 1.82) is 0 Å². The van der Waals surface area contributed by atoms with Crippen molar-refractivity contribution in [2.45, 2.75) is 58.2 Å². The van der Waals surface area contributed by atoms with Gasteiger partial charge in [-0.2, -0.15) is 15.0 Å². The Morgan fingerprint density at radius 1 is 0.889 bits per heavy atom. The molecule has 1 heterocycles. The van der Waals surface area contributed by atoms with Crippen LogP contribution in [-0.2, 0) is 6.54 Å². The number of aromatic nitrogens is 3. The number of nitrogens with zero attached hydrogens (tertiary/aromatic N) is 3. The van der Waals surface area contributed by atoms with Gasteiger partial charge in [0.05, 0.1) is 7.11 Å². The van der Waals surface area contributed by atoms with Gasteiger partial charge in [0, 0.05) is 44.4 Å². The summed E-state index contributed by atoms with van der Waals surface area (Å²) < 4.78 is 19.2. The van der Waals surface area contributed by atoms with Crippen LogP contribution in [0.4, 0.5) is 27.9 Å². The average Bonchev–Trinajstić information content (AvgIpc) is 2.87. The zero-order valence-corrected chi connectivity index (χ0v) is 23.3. The fraction of sp³-hybridized carbons (Fsp3) is 0.375. The molecule has 0 spiro atoms. The van der Waals surface area contributed by atoms with E-state index in [1.165, 1.54) is 45.3 Å². The summed E-state index contributed by atoms with van der Waals surface area (Å²) in [5.41, 5.74) is 1.33. The molecule has 3 aromatic rings. The van der Waals surface area contributed by atoms with Crippen LogP contribution in [0.3, 0.4) is 0 Å². The van der Waals surface area contributed by atoms with E-state index in [1.54, 1.807) is 12.1 Å². The number of methoxy groups -OCH3 is 1. The first-order valence-electron chi connectivity index (χ1n) is 11.6. The van der Waals surface area contributed by atoms with Crippen LogP contribution in [0.15, 0.2) is 43.8 Å². The van der Waals surface area contributed by atoms with E-state index in [9.17, 15) is 4.39 Å². The molecule has 192 valence electrons. The number of hydrogen-bond donors (Lipinski definition) is 7. The third kappa shape index (κ3) is 6.84. The van der Waals surface area contributed by atoms with Gasteiger partial charge >= 0.3 is 0 Å². The topological polar surface area (TPSA) is 84.0 Å². The smallest absolute Gasteiger partial charge is 0.233 e. The maximum Gasteiger partial charge on any atom is 0.233 e. The molecule has 3 N–H and O–H groups in total. The summed E-state index contributed by atoms with van der Waals surface area (Å²) in [6, 6.07) is 6.39. The van der Waals surface area contributed by atoms with Crippen molar-refractivity contribution in [3.05, 3.63) is 35.6 Å². The molecule has 1 aliphatic carbocycles. The molecule has 12 heteroatoms. The standard InChI is InChI=1S/C24H29FN6OS4/c1-32-17-8-7-14(9-16(17)25)28-24-30-22(26-11-13-5-3-2-4-6-13)29-23(31-24)27-12-15-18(33)10-19(34)21(36)20(15)35/h7-10,13,33-36H,2-6,11-12H2,1H3,(H3,26,27,28,29,30,31). The molecule has 0 unspecified atom stereocenters. The lowest BCUT2D eigenvalue weighted by molar-refractivity contribution is 0.373. The summed E-state index contributed by atoms with van der Waals surface area (Å²) in [6.07, 6.45) is 6.19. The molecule has 0 radical (unpaired) electrons. The number of hydrogen-bond acceptors (Lipinski definition) is 11. The van der Waals surface area contributed by atoms with Gasteiger partial charge in [-0.25, -0.2) is 4.39 Å². The predicted octanol–water partition coefficient (Wildman–Crippen LogP) is 6.52. The van der Waals surface area contributed by atoms with Crippen LogP contribution in [0.5, 0.6) is 5.75 Å². The molecule has 0 bridgehead atoms. The fourth-order valence-electron chi connectivity index (χ4n) is 4.10. The van der Waals surface area contributed by atoms with Gasteiger partial charge in [0.1, 0.15) is 0 Å². The summed E-state index contributed by atoms with van der Waals surface area (Å²) in [5, 5.41) is 9.65. The Morgan fingerprint density at radius 3 is 2.28 bits per heavy atom. The highest BCUT2D eigenvalue weighted by Gasteiger charge is 2.16. The Hall–Kier alpha value is -2.02. The van der Waals surface area contributed by atoms with Crippen LogP contribution in [0.2, 0.25) is 0 Å². The predicted molar refractivity (Wildman–Crippen MR) is 154 cm³/mol. The number of ether oxygens (including phenoxy) is 1. The quantitative estimate of drug-likeness (QED) is 0.149. The van der Waals surface area contributed by atoms with E-state index in [2.05, 4.69) is 81.4 Å². The van der Waals surface area contributed by atoms with Crippen molar-refractivity contribution in [3.63, 3.8) is 0 Å².